The number of ketones is 2. The van der Waals surface area contributed by atoms with E-state index in [4.69, 9.17) is 0 Å². The molecule has 4 aliphatic rings. The van der Waals surface area contributed by atoms with Gasteiger partial charge < -0.3 is 5.11 Å². The molecule has 0 bridgehead atoms. The normalized spacial score (nSPS) is 43.4. The van der Waals surface area contributed by atoms with Gasteiger partial charge in [0.15, 0.2) is 11.6 Å². The van der Waals surface area contributed by atoms with Crippen molar-refractivity contribution in [2.75, 3.05) is 0 Å². The molecule has 4 rings (SSSR count). The highest BCUT2D eigenvalue weighted by Crippen LogP contribution is 2.71. The second kappa shape index (κ2) is 8.04. The standard InChI is InChI=1S/C30H48O3/c1-18(2)10-9-11-19(3)20-12-15-29(7)26-21(31)16-23-27(4,5)24(33)13-14-28(23,6)25(26)22(32)17-30(20,29)8/h18-20,23-24,33H,9-17H2,1-8H3. The second-order valence-electron chi connectivity index (χ2n) is 14.0. The molecule has 4 aliphatic carbocycles. The topological polar surface area (TPSA) is 54.4 Å². The number of carbonyl (C=O) groups excluding carboxylic acids is 2. The summed E-state index contributed by atoms with van der Waals surface area (Å²) in [5.41, 5.74) is 0.780. The van der Waals surface area contributed by atoms with Crippen LogP contribution in [-0.4, -0.2) is 22.8 Å². The molecule has 0 aromatic rings. The van der Waals surface area contributed by atoms with E-state index in [1.807, 2.05) is 0 Å². The lowest BCUT2D eigenvalue weighted by atomic mass is 9.43. The van der Waals surface area contributed by atoms with Gasteiger partial charge in [-0.3, -0.25) is 9.59 Å². The summed E-state index contributed by atoms with van der Waals surface area (Å²) in [4.78, 5) is 27.9. The van der Waals surface area contributed by atoms with Crippen molar-refractivity contribution in [3.63, 3.8) is 0 Å². The van der Waals surface area contributed by atoms with E-state index in [0.29, 0.717) is 31.1 Å². The minimum absolute atomic E-state index is 0.0315. The van der Waals surface area contributed by atoms with Gasteiger partial charge in [-0.25, -0.2) is 0 Å². The van der Waals surface area contributed by atoms with Gasteiger partial charge in [-0.05, 0) is 60.2 Å². The van der Waals surface area contributed by atoms with E-state index in [9.17, 15) is 14.7 Å². The zero-order valence-electron chi connectivity index (χ0n) is 22.5. The zero-order chi connectivity index (χ0) is 24.6. The van der Waals surface area contributed by atoms with Gasteiger partial charge in [0.2, 0.25) is 0 Å². The van der Waals surface area contributed by atoms with Gasteiger partial charge in [0.05, 0.1) is 6.10 Å². The van der Waals surface area contributed by atoms with Crippen LogP contribution in [0.1, 0.15) is 113 Å². The van der Waals surface area contributed by atoms with Gasteiger partial charge in [-0.15, -0.1) is 0 Å². The van der Waals surface area contributed by atoms with Crippen LogP contribution in [0.3, 0.4) is 0 Å². The summed E-state index contributed by atoms with van der Waals surface area (Å²) in [5, 5.41) is 10.8. The molecule has 1 N–H and O–H groups in total. The average Bonchev–Trinajstić information content (AvgIpc) is 2.97. The smallest absolute Gasteiger partial charge is 0.160 e. The van der Waals surface area contributed by atoms with Gasteiger partial charge in [0.1, 0.15) is 0 Å². The molecular formula is C30H48O3. The minimum atomic E-state index is -0.410. The molecule has 0 radical (unpaired) electrons. The highest BCUT2D eigenvalue weighted by atomic mass is 16.3. The first kappa shape index (κ1) is 25.1. The predicted octanol–water partition coefficient (Wildman–Crippen LogP) is 6.92. The van der Waals surface area contributed by atoms with Crippen LogP contribution in [0.2, 0.25) is 0 Å². The Bertz CT molecular complexity index is 866. The predicted molar refractivity (Wildman–Crippen MR) is 134 cm³/mol. The first-order valence-corrected chi connectivity index (χ1v) is 13.7. The highest BCUT2D eigenvalue weighted by molar-refractivity contribution is 6.11. The Kier molecular flexibility index (Phi) is 6.12. The molecule has 0 heterocycles. The molecule has 2 fully saturated rings. The molecule has 0 aliphatic heterocycles. The van der Waals surface area contributed by atoms with Gasteiger partial charge in [-0.2, -0.15) is 0 Å². The van der Waals surface area contributed by atoms with Crippen molar-refractivity contribution in [2.45, 2.75) is 119 Å². The van der Waals surface area contributed by atoms with E-state index in [2.05, 4.69) is 55.4 Å². The Labute approximate surface area is 202 Å². The maximum absolute atomic E-state index is 14.0. The van der Waals surface area contributed by atoms with Crippen molar-refractivity contribution in [3.05, 3.63) is 11.1 Å². The molecule has 0 saturated heterocycles. The summed E-state index contributed by atoms with van der Waals surface area (Å²) < 4.78 is 0. The van der Waals surface area contributed by atoms with Gasteiger partial charge in [-0.1, -0.05) is 74.7 Å². The Morgan fingerprint density at radius 1 is 0.909 bits per heavy atom. The number of hydrogen-bond acceptors (Lipinski definition) is 3. The van der Waals surface area contributed by atoms with E-state index in [-0.39, 0.29) is 39.1 Å². The molecule has 186 valence electrons. The highest BCUT2D eigenvalue weighted by Gasteiger charge is 2.67. The summed E-state index contributed by atoms with van der Waals surface area (Å²) in [6.45, 7) is 18.1. The molecule has 3 nitrogen and oxygen atoms in total. The molecule has 3 heteroatoms. The summed E-state index contributed by atoms with van der Waals surface area (Å²) in [6.07, 6.45) is 8.04. The maximum atomic E-state index is 14.0. The lowest BCUT2D eigenvalue weighted by Crippen LogP contribution is -2.59. The summed E-state index contributed by atoms with van der Waals surface area (Å²) in [7, 11) is 0. The number of fused-ring (bicyclic) bond motifs is 4. The first-order chi connectivity index (χ1) is 15.2. The SMILES string of the molecule is CC(C)CCCC(C)C1CCC2(C)C3=C(C(=O)CC12C)C1(C)CCC(O)C(C)(C)C1CC3=O. The number of aliphatic hydroxyl groups is 1. The number of aliphatic hydroxyl groups excluding tert-OH is 1. The Morgan fingerprint density at radius 3 is 2.21 bits per heavy atom. The van der Waals surface area contributed by atoms with E-state index in [1.54, 1.807) is 0 Å². The van der Waals surface area contributed by atoms with Crippen LogP contribution < -0.4 is 0 Å². The van der Waals surface area contributed by atoms with Crippen LogP contribution in [0, 0.1) is 45.3 Å². The molecular weight excluding hydrogens is 408 g/mol. The van der Waals surface area contributed by atoms with Crippen molar-refractivity contribution in [1.29, 1.82) is 0 Å². The summed E-state index contributed by atoms with van der Waals surface area (Å²) in [6, 6.07) is 0. The van der Waals surface area contributed by atoms with Crippen LogP contribution in [0.15, 0.2) is 11.1 Å². The summed E-state index contributed by atoms with van der Waals surface area (Å²) in [5.74, 6) is 2.27. The molecule has 7 unspecified atom stereocenters. The fourth-order valence-electron chi connectivity index (χ4n) is 9.16. The van der Waals surface area contributed by atoms with Gasteiger partial charge in [0, 0.05) is 34.8 Å². The third-order valence-corrected chi connectivity index (χ3v) is 11.5. The molecule has 7 atom stereocenters. The van der Waals surface area contributed by atoms with Crippen LogP contribution in [0.4, 0.5) is 0 Å². The maximum Gasteiger partial charge on any atom is 0.160 e. The monoisotopic (exact) mass is 456 g/mol. The molecule has 0 spiro atoms. The lowest BCUT2D eigenvalue weighted by Gasteiger charge is -2.60. The fraction of sp³-hybridized carbons (Fsp3) is 0.867. The second-order valence-corrected chi connectivity index (χ2v) is 14.0. The fourth-order valence-corrected chi connectivity index (χ4v) is 9.16. The van der Waals surface area contributed by atoms with E-state index in [1.165, 1.54) is 19.3 Å². The lowest BCUT2D eigenvalue weighted by molar-refractivity contribution is -0.141. The van der Waals surface area contributed by atoms with Gasteiger partial charge in [0.25, 0.3) is 0 Å². The molecule has 33 heavy (non-hydrogen) atoms. The van der Waals surface area contributed by atoms with Crippen LogP contribution in [-0.2, 0) is 9.59 Å². The summed E-state index contributed by atoms with van der Waals surface area (Å²) >= 11 is 0. The van der Waals surface area contributed by atoms with Gasteiger partial charge >= 0.3 is 0 Å². The average molecular weight is 457 g/mol. The third kappa shape index (κ3) is 3.46. The third-order valence-electron chi connectivity index (χ3n) is 11.5. The minimum Gasteiger partial charge on any atom is -0.393 e. The zero-order valence-corrected chi connectivity index (χ0v) is 22.5. The largest absolute Gasteiger partial charge is 0.393 e. The molecule has 0 aromatic heterocycles. The van der Waals surface area contributed by atoms with E-state index in [0.717, 1.165) is 36.3 Å². The van der Waals surface area contributed by atoms with Crippen molar-refractivity contribution in [1.82, 2.24) is 0 Å². The Hall–Kier alpha value is -0.960. The van der Waals surface area contributed by atoms with Crippen LogP contribution >= 0.6 is 0 Å². The molecule has 0 aromatic carbocycles. The Balaban J connectivity index is 1.74. The first-order valence-electron chi connectivity index (χ1n) is 13.7. The molecule has 2 saturated carbocycles. The number of Topliss-reactive ketones (excluding diaryl/α,β-unsaturated/α-hetero) is 2. The van der Waals surface area contributed by atoms with E-state index < -0.39 is 6.10 Å². The van der Waals surface area contributed by atoms with Crippen molar-refractivity contribution < 1.29 is 14.7 Å². The molecule has 0 amide bonds. The van der Waals surface area contributed by atoms with Crippen LogP contribution in [0.5, 0.6) is 0 Å². The van der Waals surface area contributed by atoms with Crippen molar-refractivity contribution >= 4 is 11.6 Å². The van der Waals surface area contributed by atoms with Crippen molar-refractivity contribution in [2.24, 2.45) is 45.3 Å². The van der Waals surface area contributed by atoms with E-state index >= 15 is 0 Å². The quantitative estimate of drug-likeness (QED) is 0.488. The number of hydrogen-bond donors (Lipinski definition) is 1. The number of allylic oxidation sites excluding steroid dienone is 2. The number of carbonyl (C=O) groups is 2. The Morgan fingerprint density at radius 2 is 1.58 bits per heavy atom. The number of rotatable bonds is 5. The van der Waals surface area contributed by atoms with Crippen LogP contribution in [0.25, 0.3) is 0 Å². The van der Waals surface area contributed by atoms with Crippen molar-refractivity contribution in [3.8, 4) is 0 Å².